The highest BCUT2D eigenvalue weighted by Crippen LogP contribution is 2.23. The van der Waals surface area contributed by atoms with Gasteiger partial charge in [0.15, 0.2) is 0 Å². The van der Waals surface area contributed by atoms with E-state index < -0.39 is 0 Å². The van der Waals surface area contributed by atoms with Crippen LogP contribution < -0.4 is 5.32 Å². The molecule has 0 radical (unpaired) electrons. The van der Waals surface area contributed by atoms with Crippen LogP contribution in [0.15, 0.2) is 34.5 Å². The maximum atomic E-state index is 5.43. The van der Waals surface area contributed by atoms with Gasteiger partial charge in [-0.25, -0.2) is 0 Å². The number of hydrogen-bond donors (Lipinski definition) is 1. The first-order valence-corrected chi connectivity index (χ1v) is 7.35. The van der Waals surface area contributed by atoms with E-state index >= 15 is 0 Å². The Hall–Kier alpha value is -1.02. The van der Waals surface area contributed by atoms with Crippen molar-refractivity contribution in [3.8, 4) is 0 Å². The van der Waals surface area contributed by atoms with Gasteiger partial charge < -0.3 is 9.73 Å². The second kappa shape index (κ2) is 7.42. The highest BCUT2D eigenvalue weighted by atomic mass is 16.3. The summed E-state index contributed by atoms with van der Waals surface area (Å²) in [7, 11) is 0. The molecule has 0 saturated heterocycles. The predicted octanol–water partition coefficient (Wildman–Crippen LogP) is 4.08. The molecule has 2 rings (SSSR count). The van der Waals surface area contributed by atoms with Gasteiger partial charge >= 0.3 is 0 Å². The number of allylic oxidation sites excluding steroid dienone is 1. The van der Waals surface area contributed by atoms with Gasteiger partial charge in [0.05, 0.1) is 6.26 Å². The van der Waals surface area contributed by atoms with Gasteiger partial charge in [-0.2, -0.15) is 0 Å². The van der Waals surface area contributed by atoms with Crippen molar-refractivity contribution < 1.29 is 4.42 Å². The highest BCUT2D eigenvalue weighted by Gasteiger charge is 2.15. The SMILES string of the molecule is CCCNC(CCc1ccco1)C1=CCCCC1. The zero-order chi connectivity index (χ0) is 12.6. The van der Waals surface area contributed by atoms with E-state index in [2.05, 4.69) is 24.4 Å². The second-order valence-corrected chi connectivity index (χ2v) is 5.15. The maximum absolute atomic E-state index is 5.43. The van der Waals surface area contributed by atoms with Crippen LogP contribution in [0.1, 0.15) is 51.2 Å². The van der Waals surface area contributed by atoms with Crippen LogP contribution in [0, 0.1) is 0 Å². The lowest BCUT2D eigenvalue weighted by Gasteiger charge is -2.24. The van der Waals surface area contributed by atoms with Crippen LogP contribution in [0.4, 0.5) is 0 Å². The van der Waals surface area contributed by atoms with Gasteiger partial charge in [0, 0.05) is 12.5 Å². The Morgan fingerprint density at radius 2 is 2.33 bits per heavy atom. The van der Waals surface area contributed by atoms with Gasteiger partial charge in [-0.15, -0.1) is 0 Å². The second-order valence-electron chi connectivity index (χ2n) is 5.15. The minimum Gasteiger partial charge on any atom is -0.469 e. The third kappa shape index (κ3) is 4.02. The van der Waals surface area contributed by atoms with Crippen molar-refractivity contribution in [2.24, 2.45) is 0 Å². The number of hydrogen-bond acceptors (Lipinski definition) is 2. The van der Waals surface area contributed by atoms with E-state index in [1.165, 1.54) is 32.1 Å². The summed E-state index contributed by atoms with van der Waals surface area (Å²) < 4.78 is 5.43. The summed E-state index contributed by atoms with van der Waals surface area (Å²) in [5.74, 6) is 1.11. The molecule has 1 aliphatic carbocycles. The van der Waals surface area contributed by atoms with Crippen molar-refractivity contribution in [2.75, 3.05) is 6.54 Å². The quantitative estimate of drug-likeness (QED) is 0.734. The van der Waals surface area contributed by atoms with Crippen molar-refractivity contribution in [2.45, 2.75) is 57.9 Å². The fourth-order valence-corrected chi connectivity index (χ4v) is 2.66. The van der Waals surface area contributed by atoms with Crippen molar-refractivity contribution in [3.05, 3.63) is 35.8 Å². The normalized spacial score (nSPS) is 17.5. The van der Waals surface area contributed by atoms with E-state index in [0.29, 0.717) is 6.04 Å². The molecule has 1 aliphatic rings. The standard InChI is InChI=1S/C16H25NO/c1-2-12-17-16(14-7-4-3-5-8-14)11-10-15-9-6-13-18-15/h6-7,9,13,16-17H,2-5,8,10-12H2,1H3. The van der Waals surface area contributed by atoms with Crippen LogP contribution in [0.3, 0.4) is 0 Å². The van der Waals surface area contributed by atoms with Crippen LogP contribution in [0.2, 0.25) is 0 Å². The number of rotatable bonds is 7. The van der Waals surface area contributed by atoms with Crippen molar-refractivity contribution in [3.63, 3.8) is 0 Å². The largest absolute Gasteiger partial charge is 0.469 e. The van der Waals surface area contributed by atoms with Gasteiger partial charge in [-0.1, -0.05) is 18.6 Å². The minimum absolute atomic E-state index is 0.551. The lowest BCUT2D eigenvalue weighted by Crippen LogP contribution is -2.32. The van der Waals surface area contributed by atoms with Gasteiger partial charge in [-0.05, 0) is 57.2 Å². The molecule has 0 bridgehead atoms. The molecule has 1 N–H and O–H groups in total. The molecule has 18 heavy (non-hydrogen) atoms. The molecule has 1 heterocycles. The topological polar surface area (TPSA) is 25.2 Å². The van der Waals surface area contributed by atoms with E-state index in [1.807, 2.05) is 6.07 Å². The zero-order valence-corrected chi connectivity index (χ0v) is 11.5. The lowest BCUT2D eigenvalue weighted by molar-refractivity contribution is 0.458. The predicted molar refractivity (Wildman–Crippen MR) is 75.7 cm³/mol. The zero-order valence-electron chi connectivity index (χ0n) is 11.5. The molecule has 100 valence electrons. The molecule has 2 heteroatoms. The first-order valence-electron chi connectivity index (χ1n) is 7.35. The summed E-state index contributed by atoms with van der Waals surface area (Å²) >= 11 is 0. The molecule has 2 nitrogen and oxygen atoms in total. The molecule has 0 amide bonds. The first-order chi connectivity index (χ1) is 8.90. The molecule has 1 aromatic heterocycles. The monoisotopic (exact) mass is 247 g/mol. The number of nitrogens with one attached hydrogen (secondary N) is 1. The number of furan rings is 1. The van der Waals surface area contributed by atoms with Crippen molar-refractivity contribution in [1.82, 2.24) is 5.32 Å². The summed E-state index contributed by atoms with van der Waals surface area (Å²) in [6.45, 7) is 3.34. The Morgan fingerprint density at radius 3 is 3.00 bits per heavy atom. The molecule has 0 spiro atoms. The lowest BCUT2D eigenvalue weighted by atomic mass is 9.91. The van der Waals surface area contributed by atoms with Crippen LogP contribution in [0.5, 0.6) is 0 Å². The van der Waals surface area contributed by atoms with E-state index in [4.69, 9.17) is 4.42 Å². The van der Waals surface area contributed by atoms with Crippen molar-refractivity contribution in [1.29, 1.82) is 0 Å². The van der Waals surface area contributed by atoms with Crippen LogP contribution in [-0.4, -0.2) is 12.6 Å². The molecular formula is C16H25NO. The Morgan fingerprint density at radius 1 is 1.39 bits per heavy atom. The molecule has 1 atom stereocenters. The average Bonchev–Trinajstić information content (AvgIpc) is 2.93. The molecule has 1 aromatic rings. The Labute approximate surface area is 110 Å². The molecule has 0 fully saturated rings. The Kier molecular flexibility index (Phi) is 5.53. The summed E-state index contributed by atoms with van der Waals surface area (Å²) in [6, 6.07) is 4.60. The molecule has 0 aliphatic heterocycles. The van der Waals surface area contributed by atoms with E-state index in [-0.39, 0.29) is 0 Å². The maximum Gasteiger partial charge on any atom is 0.103 e. The van der Waals surface area contributed by atoms with Crippen LogP contribution >= 0.6 is 0 Å². The van der Waals surface area contributed by atoms with E-state index in [1.54, 1.807) is 11.8 Å². The summed E-state index contributed by atoms with van der Waals surface area (Å²) in [6.07, 6.45) is 12.9. The Balaban J connectivity index is 1.89. The Bertz CT molecular complexity index is 353. The average molecular weight is 247 g/mol. The summed E-state index contributed by atoms with van der Waals surface area (Å²) in [5.41, 5.74) is 1.63. The van der Waals surface area contributed by atoms with E-state index in [9.17, 15) is 0 Å². The molecule has 0 aromatic carbocycles. The fourth-order valence-electron chi connectivity index (χ4n) is 2.66. The van der Waals surface area contributed by atoms with Gasteiger partial charge in [0.25, 0.3) is 0 Å². The van der Waals surface area contributed by atoms with Crippen molar-refractivity contribution >= 4 is 0 Å². The van der Waals surface area contributed by atoms with Gasteiger partial charge in [0.2, 0.25) is 0 Å². The van der Waals surface area contributed by atoms with Crippen LogP contribution in [-0.2, 0) is 6.42 Å². The summed E-state index contributed by atoms with van der Waals surface area (Å²) in [4.78, 5) is 0. The first kappa shape index (κ1) is 13.4. The molecule has 1 unspecified atom stereocenters. The summed E-state index contributed by atoms with van der Waals surface area (Å²) in [5, 5.41) is 3.69. The minimum atomic E-state index is 0.551. The fraction of sp³-hybridized carbons (Fsp3) is 0.625. The van der Waals surface area contributed by atoms with E-state index in [0.717, 1.165) is 25.1 Å². The third-order valence-corrected chi connectivity index (χ3v) is 3.67. The molecular weight excluding hydrogens is 222 g/mol. The number of aryl methyl sites for hydroxylation is 1. The molecule has 0 saturated carbocycles. The smallest absolute Gasteiger partial charge is 0.103 e. The van der Waals surface area contributed by atoms with Crippen LogP contribution in [0.25, 0.3) is 0 Å². The van der Waals surface area contributed by atoms with Gasteiger partial charge in [-0.3, -0.25) is 0 Å². The highest BCUT2D eigenvalue weighted by molar-refractivity contribution is 5.14. The van der Waals surface area contributed by atoms with Gasteiger partial charge in [0.1, 0.15) is 5.76 Å². The third-order valence-electron chi connectivity index (χ3n) is 3.67.